The number of aromatic nitrogens is 1. The van der Waals surface area contributed by atoms with Crippen LogP contribution >= 0.6 is 0 Å². The van der Waals surface area contributed by atoms with Crippen molar-refractivity contribution in [3.8, 4) is 5.75 Å². The van der Waals surface area contributed by atoms with Crippen molar-refractivity contribution in [1.82, 2.24) is 14.6 Å². The van der Waals surface area contributed by atoms with Gasteiger partial charge in [-0.2, -0.15) is 0 Å². The molecule has 0 aliphatic heterocycles. The first kappa shape index (κ1) is 34.1. The van der Waals surface area contributed by atoms with Crippen molar-refractivity contribution in [2.75, 3.05) is 32.1 Å². The first-order valence-electron chi connectivity index (χ1n) is 15.1. The number of carboxylic acid groups (broad SMARTS) is 1. The van der Waals surface area contributed by atoms with Crippen LogP contribution in [0, 0.1) is 0 Å². The quantitative estimate of drug-likeness (QED) is 0.225. The SMILES string of the molecule is O=C(O)N(CCO[C@@]1(C(=O)NS(=O)(=O)CCCO)C=CC(c2cccc(OC3CCCCC3)c2)=CC1)C[C@H](O)c1cccnc1. The Balaban J connectivity index is 1.48. The Bertz CT molecular complexity index is 1460. The summed E-state index contributed by atoms with van der Waals surface area (Å²) in [6.45, 7) is -1.10. The summed E-state index contributed by atoms with van der Waals surface area (Å²) in [5.41, 5.74) is 0.323. The number of aliphatic hydroxyl groups excluding tert-OH is 2. The van der Waals surface area contributed by atoms with Crippen molar-refractivity contribution in [3.05, 3.63) is 78.1 Å². The van der Waals surface area contributed by atoms with Crippen LogP contribution in [0.1, 0.15) is 62.2 Å². The first-order valence-corrected chi connectivity index (χ1v) is 16.8. The van der Waals surface area contributed by atoms with Crippen LogP contribution in [0.3, 0.4) is 0 Å². The summed E-state index contributed by atoms with van der Waals surface area (Å²) in [6.07, 6.45) is 11.1. The van der Waals surface area contributed by atoms with Crippen molar-refractivity contribution in [2.24, 2.45) is 0 Å². The third kappa shape index (κ3) is 9.85. The van der Waals surface area contributed by atoms with Gasteiger partial charge in [0.15, 0.2) is 5.60 Å². The Morgan fingerprint density at radius 1 is 1.16 bits per heavy atom. The number of nitrogens with one attached hydrogen (secondary N) is 1. The maximum absolute atomic E-state index is 13.4. The van der Waals surface area contributed by atoms with E-state index in [0.29, 0.717) is 5.56 Å². The minimum absolute atomic E-state index is 0.0285. The topological polar surface area (TPSA) is 176 Å². The lowest BCUT2D eigenvalue weighted by molar-refractivity contribution is -0.139. The Hall–Kier alpha value is -3.78. The largest absolute Gasteiger partial charge is 0.490 e. The molecule has 13 heteroatoms. The summed E-state index contributed by atoms with van der Waals surface area (Å²) >= 11 is 0. The van der Waals surface area contributed by atoms with E-state index in [2.05, 4.69) is 4.98 Å². The predicted molar refractivity (Wildman–Crippen MR) is 167 cm³/mol. The highest BCUT2D eigenvalue weighted by molar-refractivity contribution is 7.90. The van der Waals surface area contributed by atoms with E-state index < -0.39 is 39.5 Å². The fourth-order valence-electron chi connectivity index (χ4n) is 5.32. The number of rotatable bonds is 15. The summed E-state index contributed by atoms with van der Waals surface area (Å²) in [6, 6.07) is 10.9. The second-order valence-electron chi connectivity index (χ2n) is 11.2. The molecule has 2 aliphatic rings. The zero-order chi connectivity index (χ0) is 32.3. The molecule has 244 valence electrons. The van der Waals surface area contributed by atoms with Gasteiger partial charge in [0.05, 0.1) is 31.1 Å². The molecule has 2 amide bonds. The van der Waals surface area contributed by atoms with Crippen LogP contribution in [0.15, 0.2) is 67.0 Å². The van der Waals surface area contributed by atoms with Crippen LogP contribution in [0.25, 0.3) is 5.57 Å². The standard InChI is InChI=1S/C32H41N3O9S/c36-18-6-20-45(41,42)34-30(38)32(43-19-17-35(31(39)40)23-29(37)26-8-5-16-33-22-26)14-12-24(13-15-32)25-7-4-11-28(21-25)44-27-9-2-1-3-10-27/h4-5,7-8,11-14,16,21-22,27,29,36-37H,1-3,6,9-10,15,17-20,23H2,(H,34,38)(H,39,40)/t29-,32-/m0/s1. The number of allylic oxidation sites excluding steroid dienone is 2. The summed E-state index contributed by atoms with van der Waals surface area (Å²) < 4.78 is 39.3. The number of ether oxygens (including phenoxy) is 2. The Labute approximate surface area is 263 Å². The van der Waals surface area contributed by atoms with Gasteiger partial charge in [0, 0.05) is 37.5 Å². The van der Waals surface area contributed by atoms with E-state index in [1.807, 2.05) is 29.0 Å². The van der Waals surface area contributed by atoms with E-state index in [-0.39, 0.29) is 45.2 Å². The molecule has 0 radical (unpaired) electrons. The molecule has 45 heavy (non-hydrogen) atoms. The van der Waals surface area contributed by atoms with Gasteiger partial charge in [0.1, 0.15) is 5.75 Å². The fourth-order valence-corrected chi connectivity index (χ4v) is 6.39. The van der Waals surface area contributed by atoms with Crippen molar-refractivity contribution in [1.29, 1.82) is 0 Å². The Morgan fingerprint density at radius 3 is 2.62 bits per heavy atom. The first-order chi connectivity index (χ1) is 21.6. The minimum Gasteiger partial charge on any atom is -0.490 e. The number of sulfonamides is 1. The van der Waals surface area contributed by atoms with Gasteiger partial charge < -0.3 is 29.7 Å². The maximum Gasteiger partial charge on any atom is 0.407 e. The number of hydrogen-bond donors (Lipinski definition) is 4. The number of carbonyl (C=O) groups excluding carboxylic acids is 1. The number of aliphatic hydroxyl groups is 2. The molecule has 0 bridgehead atoms. The fraction of sp³-hybridized carbons (Fsp3) is 0.469. The van der Waals surface area contributed by atoms with Crippen LogP contribution < -0.4 is 9.46 Å². The van der Waals surface area contributed by atoms with E-state index in [9.17, 15) is 28.2 Å². The zero-order valence-corrected chi connectivity index (χ0v) is 25.9. The summed E-state index contributed by atoms with van der Waals surface area (Å²) in [5, 5.41) is 29.3. The number of nitrogens with zero attached hydrogens (tertiary/aromatic N) is 2. The van der Waals surface area contributed by atoms with Crippen LogP contribution in [0.5, 0.6) is 5.75 Å². The number of benzene rings is 1. The third-order valence-corrected chi connectivity index (χ3v) is 9.16. The highest BCUT2D eigenvalue weighted by atomic mass is 32.2. The molecule has 2 atom stereocenters. The smallest absolute Gasteiger partial charge is 0.407 e. The lowest BCUT2D eigenvalue weighted by Gasteiger charge is -2.32. The number of amides is 2. The van der Waals surface area contributed by atoms with Crippen LogP contribution in [0.4, 0.5) is 4.79 Å². The van der Waals surface area contributed by atoms with E-state index in [4.69, 9.17) is 14.6 Å². The molecular weight excluding hydrogens is 602 g/mol. The Morgan fingerprint density at radius 2 is 1.96 bits per heavy atom. The molecule has 0 spiro atoms. The van der Waals surface area contributed by atoms with Crippen LogP contribution in [-0.2, 0) is 19.6 Å². The van der Waals surface area contributed by atoms with Crippen LogP contribution in [0.2, 0.25) is 0 Å². The van der Waals surface area contributed by atoms with Gasteiger partial charge >= 0.3 is 6.09 Å². The zero-order valence-electron chi connectivity index (χ0n) is 25.1. The molecule has 2 aliphatic carbocycles. The second kappa shape index (κ2) is 16.0. The summed E-state index contributed by atoms with van der Waals surface area (Å²) in [7, 11) is -4.07. The summed E-state index contributed by atoms with van der Waals surface area (Å²) in [4.78, 5) is 30.3. The van der Waals surface area contributed by atoms with Gasteiger partial charge in [0.2, 0.25) is 10.0 Å². The van der Waals surface area contributed by atoms with Crippen molar-refractivity contribution in [3.63, 3.8) is 0 Å². The molecular formula is C32H41N3O9S. The summed E-state index contributed by atoms with van der Waals surface area (Å²) in [5.74, 6) is -0.640. The molecule has 1 aromatic heterocycles. The van der Waals surface area contributed by atoms with Crippen LogP contribution in [-0.4, -0.2) is 89.4 Å². The molecule has 1 heterocycles. The molecule has 12 nitrogen and oxygen atoms in total. The van der Waals surface area contributed by atoms with Gasteiger partial charge in [-0.3, -0.25) is 14.5 Å². The molecule has 1 saturated carbocycles. The lowest BCUT2D eigenvalue weighted by atomic mass is 9.88. The minimum atomic E-state index is -4.07. The monoisotopic (exact) mass is 643 g/mol. The molecule has 2 aromatic rings. The maximum atomic E-state index is 13.4. The predicted octanol–water partition coefficient (Wildman–Crippen LogP) is 3.43. The number of pyridine rings is 1. The average molecular weight is 644 g/mol. The average Bonchev–Trinajstić information content (AvgIpc) is 3.04. The Kier molecular flexibility index (Phi) is 12.1. The van der Waals surface area contributed by atoms with Crippen molar-refractivity contribution in [2.45, 2.75) is 62.8 Å². The highest BCUT2D eigenvalue weighted by Gasteiger charge is 2.40. The number of carbonyl (C=O) groups is 2. The molecule has 4 rings (SSSR count). The van der Waals surface area contributed by atoms with Crippen molar-refractivity contribution >= 4 is 27.6 Å². The van der Waals surface area contributed by atoms with Gasteiger partial charge in [0.25, 0.3) is 5.91 Å². The van der Waals surface area contributed by atoms with E-state index in [1.165, 1.54) is 24.9 Å². The lowest BCUT2D eigenvalue weighted by Crippen LogP contribution is -2.51. The highest BCUT2D eigenvalue weighted by Crippen LogP contribution is 2.32. The second-order valence-corrected chi connectivity index (χ2v) is 13.0. The van der Waals surface area contributed by atoms with E-state index in [0.717, 1.165) is 47.5 Å². The van der Waals surface area contributed by atoms with E-state index in [1.54, 1.807) is 24.3 Å². The normalized spacial score (nSPS) is 19.4. The van der Waals surface area contributed by atoms with Gasteiger partial charge in [-0.1, -0.05) is 36.8 Å². The van der Waals surface area contributed by atoms with Crippen molar-refractivity contribution < 1.29 is 42.8 Å². The molecule has 0 saturated heterocycles. The third-order valence-electron chi connectivity index (χ3n) is 7.84. The molecule has 1 aromatic carbocycles. The van der Waals surface area contributed by atoms with E-state index >= 15 is 0 Å². The van der Waals surface area contributed by atoms with Gasteiger partial charge in [-0.05, 0) is 67.5 Å². The van der Waals surface area contributed by atoms with Gasteiger partial charge in [-0.15, -0.1) is 0 Å². The molecule has 4 N–H and O–H groups in total. The molecule has 0 unspecified atom stereocenters. The van der Waals surface area contributed by atoms with Gasteiger partial charge in [-0.25, -0.2) is 13.2 Å². The molecule has 1 fully saturated rings. The number of hydrogen-bond acceptors (Lipinski definition) is 9.